The van der Waals surface area contributed by atoms with Crippen molar-refractivity contribution >= 4 is 35.0 Å². The second kappa shape index (κ2) is 9.36. The summed E-state index contributed by atoms with van der Waals surface area (Å²) in [6.45, 7) is 6.80. The van der Waals surface area contributed by atoms with Gasteiger partial charge in [0.25, 0.3) is 5.91 Å². The Balaban J connectivity index is 1.81. The molecule has 2 rings (SSSR count). The Morgan fingerprint density at radius 3 is 2.36 bits per heavy atom. The number of esters is 1. The van der Waals surface area contributed by atoms with Gasteiger partial charge in [-0.1, -0.05) is 6.07 Å². The average Bonchev–Trinajstić information content (AvgIpc) is 3.13. The molecular formula is C20H24N2O5S. The Kier molecular flexibility index (Phi) is 7.17. The third-order valence-electron chi connectivity index (χ3n) is 3.45. The SMILES string of the molecule is C[C@H](NC(=O)COC(=O)c1ccc(NC(=O)OC(C)(C)C)cc1)c1cccs1. The van der Waals surface area contributed by atoms with Crippen LogP contribution in [-0.4, -0.2) is 30.2 Å². The molecule has 8 heteroatoms. The van der Waals surface area contributed by atoms with E-state index in [9.17, 15) is 14.4 Å². The van der Waals surface area contributed by atoms with Crippen LogP contribution in [0.3, 0.4) is 0 Å². The molecule has 0 aliphatic carbocycles. The maximum atomic E-state index is 12.1. The predicted octanol–water partition coefficient (Wildman–Crippen LogP) is 4.13. The van der Waals surface area contributed by atoms with Crippen molar-refractivity contribution in [2.24, 2.45) is 0 Å². The monoisotopic (exact) mass is 404 g/mol. The molecule has 0 bridgehead atoms. The van der Waals surface area contributed by atoms with Gasteiger partial charge >= 0.3 is 12.1 Å². The number of carbonyl (C=O) groups excluding carboxylic acids is 3. The van der Waals surface area contributed by atoms with E-state index in [1.165, 1.54) is 12.1 Å². The van der Waals surface area contributed by atoms with Gasteiger partial charge in [-0.2, -0.15) is 0 Å². The van der Waals surface area contributed by atoms with Gasteiger partial charge in [0, 0.05) is 10.6 Å². The van der Waals surface area contributed by atoms with Gasteiger partial charge in [-0.3, -0.25) is 10.1 Å². The van der Waals surface area contributed by atoms with Gasteiger partial charge in [-0.15, -0.1) is 11.3 Å². The first-order chi connectivity index (χ1) is 13.1. The first-order valence-corrected chi connectivity index (χ1v) is 9.62. The molecule has 1 atom stereocenters. The van der Waals surface area contributed by atoms with E-state index in [1.54, 1.807) is 44.2 Å². The Hall–Kier alpha value is -2.87. The van der Waals surface area contributed by atoms with E-state index < -0.39 is 17.7 Å². The quantitative estimate of drug-likeness (QED) is 0.706. The average molecular weight is 404 g/mol. The predicted molar refractivity (Wildman–Crippen MR) is 107 cm³/mol. The molecule has 150 valence electrons. The largest absolute Gasteiger partial charge is 0.452 e. The van der Waals surface area contributed by atoms with Crippen molar-refractivity contribution in [1.82, 2.24) is 5.32 Å². The number of benzene rings is 1. The summed E-state index contributed by atoms with van der Waals surface area (Å²) in [6, 6.07) is 9.80. The first-order valence-electron chi connectivity index (χ1n) is 8.74. The molecule has 1 aromatic heterocycles. The number of rotatable bonds is 6. The van der Waals surface area contributed by atoms with E-state index in [4.69, 9.17) is 9.47 Å². The molecule has 28 heavy (non-hydrogen) atoms. The fourth-order valence-corrected chi connectivity index (χ4v) is 2.95. The van der Waals surface area contributed by atoms with Gasteiger partial charge in [0.15, 0.2) is 6.61 Å². The second-order valence-electron chi connectivity index (χ2n) is 7.08. The molecule has 0 saturated carbocycles. The van der Waals surface area contributed by atoms with Gasteiger partial charge in [0.1, 0.15) is 5.60 Å². The zero-order valence-corrected chi connectivity index (χ0v) is 17.1. The number of anilines is 1. The minimum absolute atomic E-state index is 0.149. The molecule has 7 nitrogen and oxygen atoms in total. The molecule has 0 saturated heterocycles. The maximum absolute atomic E-state index is 12.1. The highest BCUT2D eigenvalue weighted by molar-refractivity contribution is 7.10. The summed E-state index contributed by atoms with van der Waals surface area (Å²) in [6.07, 6.45) is -0.584. The lowest BCUT2D eigenvalue weighted by atomic mass is 10.2. The summed E-state index contributed by atoms with van der Waals surface area (Å²) in [5.74, 6) is -1.000. The van der Waals surface area contributed by atoms with Crippen LogP contribution < -0.4 is 10.6 Å². The van der Waals surface area contributed by atoms with Crippen LogP contribution >= 0.6 is 11.3 Å². The van der Waals surface area contributed by atoms with Crippen LogP contribution in [0.15, 0.2) is 41.8 Å². The zero-order valence-electron chi connectivity index (χ0n) is 16.3. The molecular weight excluding hydrogens is 380 g/mol. The third-order valence-corrected chi connectivity index (χ3v) is 4.50. The molecule has 0 radical (unpaired) electrons. The van der Waals surface area contributed by atoms with Crippen LogP contribution in [0.25, 0.3) is 0 Å². The summed E-state index contributed by atoms with van der Waals surface area (Å²) < 4.78 is 10.2. The van der Waals surface area contributed by atoms with Crippen molar-refractivity contribution in [3.8, 4) is 0 Å². The van der Waals surface area contributed by atoms with Gasteiger partial charge in [0.05, 0.1) is 11.6 Å². The van der Waals surface area contributed by atoms with Crippen molar-refractivity contribution in [3.63, 3.8) is 0 Å². The zero-order chi connectivity index (χ0) is 20.7. The maximum Gasteiger partial charge on any atom is 0.412 e. The Labute approximate surface area is 168 Å². The summed E-state index contributed by atoms with van der Waals surface area (Å²) in [5.41, 5.74) is 0.150. The fraction of sp³-hybridized carbons (Fsp3) is 0.350. The highest BCUT2D eigenvalue weighted by atomic mass is 32.1. The summed E-state index contributed by atoms with van der Waals surface area (Å²) >= 11 is 1.54. The van der Waals surface area contributed by atoms with Crippen molar-refractivity contribution in [2.45, 2.75) is 39.3 Å². The second-order valence-corrected chi connectivity index (χ2v) is 8.06. The molecule has 0 aliphatic rings. The van der Waals surface area contributed by atoms with E-state index >= 15 is 0 Å². The van der Waals surface area contributed by atoms with Crippen molar-refractivity contribution in [3.05, 3.63) is 52.2 Å². The normalized spacial score (nSPS) is 12.0. The fourth-order valence-electron chi connectivity index (χ4n) is 2.22. The van der Waals surface area contributed by atoms with Crippen LogP contribution in [0.2, 0.25) is 0 Å². The molecule has 0 fully saturated rings. The van der Waals surface area contributed by atoms with Crippen LogP contribution in [0.4, 0.5) is 10.5 Å². The Morgan fingerprint density at radius 1 is 1.11 bits per heavy atom. The Morgan fingerprint density at radius 2 is 1.79 bits per heavy atom. The van der Waals surface area contributed by atoms with E-state index in [0.717, 1.165) is 4.88 Å². The van der Waals surface area contributed by atoms with Crippen LogP contribution in [-0.2, 0) is 14.3 Å². The third kappa shape index (κ3) is 7.03. The number of amides is 2. The lowest BCUT2D eigenvalue weighted by Gasteiger charge is -2.19. The highest BCUT2D eigenvalue weighted by Crippen LogP contribution is 2.18. The van der Waals surface area contributed by atoms with Crippen molar-refractivity contribution in [2.75, 3.05) is 11.9 Å². The summed E-state index contributed by atoms with van der Waals surface area (Å²) in [4.78, 5) is 36.8. The van der Waals surface area contributed by atoms with Gasteiger partial charge in [-0.25, -0.2) is 9.59 Å². The standard InChI is InChI=1S/C20H24N2O5S/c1-13(16-6-5-11-28-16)21-17(23)12-26-18(24)14-7-9-15(10-8-14)22-19(25)27-20(2,3)4/h5-11,13H,12H2,1-4H3,(H,21,23)(H,22,25)/t13-/m0/s1. The number of thiophene rings is 1. The lowest BCUT2D eigenvalue weighted by molar-refractivity contribution is -0.124. The number of ether oxygens (including phenoxy) is 2. The molecule has 0 spiro atoms. The topological polar surface area (TPSA) is 93.7 Å². The summed E-state index contributed by atoms with van der Waals surface area (Å²) in [5, 5.41) is 7.27. The molecule has 2 N–H and O–H groups in total. The van der Waals surface area contributed by atoms with E-state index in [-0.39, 0.29) is 24.1 Å². The molecule has 2 aromatic rings. The smallest absolute Gasteiger partial charge is 0.412 e. The van der Waals surface area contributed by atoms with Crippen molar-refractivity contribution < 1.29 is 23.9 Å². The number of hydrogen-bond acceptors (Lipinski definition) is 6. The number of nitrogens with one attached hydrogen (secondary N) is 2. The van der Waals surface area contributed by atoms with E-state index in [1.807, 2.05) is 24.4 Å². The van der Waals surface area contributed by atoms with Crippen LogP contribution in [0, 0.1) is 0 Å². The minimum Gasteiger partial charge on any atom is -0.452 e. The Bertz CT molecular complexity index is 810. The number of hydrogen-bond donors (Lipinski definition) is 2. The lowest BCUT2D eigenvalue weighted by Crippen LogP contribution is -2.30. The molecule has 1 heterocycles. The number of carbonyl (C=O) groups is 3. The van der Waals surface area contributed by atoms with Gasteiger partial charge in [0.2, 0.25) is 0 Å². The highest BCUT2D eigenvalue weighted by Gasteiger charge is 2.17. The van der Waals surface area contributed by atoms with Crippen molar-refractivity contribution in [1.29, 1.82) is 0 Å². The molecule has 2 amide bonds. The molecule has 1 aromatic carbocycles. The molecule has 0 unspecified atom stereocenters. The van der Waals surface area contributed by atoms with E-state index in [0.29, 0.717) is 5.69 Å². The van der Waals surface area contributed by atoms with Gasteiger partial charge < -0.3 is 14.8 Å². The van der Waals surface area contributed by atoms with Gasteiger partial charge in [-0.05, 0) is 63.4 Å². The minimum atomic E-state index is -0.622. The van der Waals surface area contributed by atoms with Crippen LogP contribution in [0.1, 0.15) is 49.0 Å². The van der Waals surface area contributed by atoms with Crippen LogP contribution in [0.5, 0.6) is 0 Å². The summed E-state index contributed by atoms with van der Waals surface area (Å²) in [7, 11) is 0. The van der Waals surface area contributed by atoms with E-state index in [2.05, 4.69) is 10.6 Å². The molecule has 0 aliphatic heterocycles. The first kappa shape index (κ1) is 21.4.